The molecule has 0 aromatic carbocycles. The molecule has 4 saturated carbocycles. The van der Waals surface area contributed by atoms with E-state index in [4.69, 9.17) is 5.73 Å². The first-order valence-electron chi connectivity index (χ1n) is 15.2. The fourth-order valence-corrected chi connectivity index (χ4v) is 9.71. The molecule has 0 aliphatic heterocycles. The van der Waals surface area contributed by atoms with E-state index in [1.165, 1.54) is 0 Å². The Morgan fingerprint density at radius 1 is 1.00 bits per heavy atom. The lowest BCUT2D eigenvalue weighted by molar-refractivity contribution is -0.207. The quantitative estimate of drug-likeness (QED) is 0.235. The van der Waals surface area contributed by atoms with Crippen molar-refractivity contribution < 1.29 is 30.0 Å². The van der Waals surface area contributed by atoms with Gasteiger partial charge in [-0.15, -0.1) is 0 Å². The van der Waals surface area contributed by atoms with Gasteiger partial charge in [-0.1, -0.05) is 20.8 Å². The number of aliphatic hydroxyl groups is 3. The topological polar surface area (TPSA) is 153 Å². The molecule has 0 spiro atoms. The maximum Gasteiger partial charge on any atom is 0.326 e. The van der Waals surface area contributed by atoms with E-state index in [-0.39, 0.29) is 58.9 Å². The third kappa shape index (κ3) is 5.39. The number of rotatable bonds is 10. The maximum absolute atomic E-state index is 12.7. The van der Waals surface area contributed by atoms with Gasteiger partial charge in [-0.3, -0.25) is 4.79 Å². The standard InChI is InChI=1S/C30H52N2O6/c1-17(7-10-26(36)32-23(28(37)38)6-4-5-13-31)20-8-9-21-27-22(16-25(35)30(20,21)3)29(2)12-11-19(33)14-18(29)15-24(27)34/h17-25,27,33-35H,4-16,31H2,1-3H3,(H,32,36)(H,37,38). The molecule has 12 atom stereocenters. The molecule has 1 amide bonds. The van der Waals surface area contributed by atoms with E-state index in [1.807, 2.05) is 0 Å². The predicted octanol–water partition coefficient (Wildman–Crippen LogP) is 3.06. The van der Waals surface area contributed by atoms with Crippen molar-refractivity contribution in [2.75, 3.05) is 6.54 Å². The van der Waals surface area contributed by atoms with Crippen molar-refractivity contribution in [1.29, 1.82) is 0 Å². The number of nitrogens with one attached hydrogen (secondary N) is 1. The van der Waals surface area contributed by atoms with E-state index in [2.05, 4.69) is 26.1 Å². The molecule has 0 aromatic heterocycles. The minimum Gasteiger partial charge on any atom is -0.480 e. The van der Waals surface area contributed by atoms with E-state index in [0.717, 1.165) is 44.9 Å². The van der Waals surface area contributed by atoms with Crippen LogP contribution in [0.4, 0.5) is 0 Å². The van der Waals surface area contributed by atoms with Gasteiger partial charge in [0.2, 0.25) is 5.91 Å². The second kappa shape index (κ2) is 11.7. The molecule has 4 aliphatic rings. The zero-order valence-corrected chi connectivity index (χ0v) is 23.6. The van der Waals surface area contributed by atoms with E-state index in [1.54, 1.807) is 0 Å². The van der Waals surface area contributed by atoms with Gasteiger partial charge in [0.05, 0.1) is 18.3 Å². The number of aliphatic carboxylic acids is 1. The molecule has 0 radical (unpaired) electrons. The molecule has 0 aromatic rings. The van der Waals surface area contributed by atoms with Crippen LogP contribution in [0, 0.1) is 46.3 Å². The molecule has 38 heavy (non-hydrogen) atoms. The molecule has 0 bridgehead atoms. The summed E-state index contributed by atoms with van der Waals surface area (Å²) in [6.07, 6.45) is 7.50. The summed E-state index contributed by atoms with van der Waals surface area (Å²) in [5.74, 6) is 0.202. The van der Waals surface area contributed by atoms with Gasteiger partial charge in [-0.2, -0.15) is 0 Å². The highest BCUT2D eigenvalue weighted by atomic mass is 16.4. The van der Waals surface area contributed by atoms with Crippen molar-refractivity contribution in [3.63, 3.8) is 0 Å². The van der Waals surface area contributed by atoms with Gasteiger partial charge in [0, 0.05) is 6.42 Å². The molecule has 4 fully saturated rings. The average Bonchev–Trinajstić information content (AvgIpc) is 3.22. The lowest BCUT2D eigenvalue weighted by Gasteiger charge is -2.63. The summed E-state index contributed by atoms with van der Waals surface area (Å²) in [7, 11) is 0. The third-order valence-corrected chi connectivity index (χ3v) is 11.9. The second-order valence-electron chi connectivity index (χ2n) is 13.8. The van der Waals surface area contributed by atoms with Crippen LogP contribution in [-0.4, -0.2) is 63.2 Å². The maximum atomic E-state index is 12.7. The van der Waals surface area contributed by atoms with Crippen LogP contribution in [0.15, 0.2) is 0 Å². The van der Waals surface area contributed by atoms with Crippen molar-refractivity contribution in [1.82, 2.24) is 5.32 Å². The van der Waals surface area contributed by atoms with Gasteiger partial charge < -0.3 is 31.5 Å². The Bertz CT molecular complexity index is 855. The zero-order valence-electron chi connectivity index (χ0n) is 23.6. The Labute approximate surface area is 228 Å². The number of amides is 1. The highest BCUT2D eigenvalue weighted by Crippen LogP contribution is 2.68. The summed E-state index contributed by atoms with van der Waals surface area (Å²) in [4.78, 5) is 24.2. The number of hydrogen-bond donors (Lipinski definition) is 6. The summed E-state index contributed by atoms with van der Waals surface area (Å²) in [5, 5.41) is 45.6. The fourth-order valence-electron chi connectivity index (χ4n) is 9.71. The first kappa shape index (κ1) is 29.8. The summed E-state index contributed by atoms with van der Waals surface area (Å²) < 4.78 is 0. The Morgan fingerprint density at radius 2 is 1.74 bits per heavy atom. The molecule has 4 aliphatic carbocycles. The molecule has 218 valence electrons. The van der Waals surface area contributed by atoms with E-state index >= 15 is 0 Å². The van der Waals surface area contributed by atoms with E-state index < -0.39 is 24.2 Å². The van der Waals surface area contributed by atoms with E-state index in [0.29, 0.717) is 38.1 Å². The number of carbonyl (C=O) groups is 2. The molecule has 7 N–H and O–H groups in total. The first-order chi connectivity index (χ1) is 17.9. The lowest BCUT2D eigenvalue weighted by atomic mass is 9.43. The fraction of sp³-hybridized carbons (Fsp3) is 0.933. The van der Waals surface area contributed by atoms with Crippen molar-refractivity contribution in [3.8, 4) is 0 Å². The normalized spacial score (nSPS) is 43.9. The van der Waals surface area contributed by atoms with Crippen LogP contribution in [0.5, 0.6) is 0 Å². The summed E-state index contributed by atoms with van der Waals surface area (Å²) in [5.41, 5.74) is 5.26. The summed E-state index contributed by atoms with van der Waals surface area (Å²) in [6, 6.07) is -0.881. The number of carboxylic acid groups (broad SMARTS) is 1. The first-order valence-corrected chi connectivity index (χ1v) is 15.2. The second-order valence-corrected chi connectivity index (χ2v) is 13.8. The SMILES string of the molecule is CC(CCC(=O)NC(CCCCN)C(=O)O)C1CCC2C3C(O)CC4CC(O)CCC4(C)C3CC(O)C12C. The zero-order chi connectivity index (χ0) is 27.8. The predicted molar refractivity (Wildman–Crippen MR) is 145 cm³/mol. The minimum absolute atomic E-state index is 0.0536. The largest absolute Gasteiger partial charge is 0.480 e. The molecule has 0 saturated heterocycles. The number of nitrogens with two attached hydrogens (primary N) is 1. The van der Waals surface area contributed by atoms with Gasteiger partial charge >= 0.3 is 5.97 Å². The van der Waals surface area contributed by atoms with Crippen LogP contribution in [0.25, 0.3) is 0 Å². The van der Waals surface area contributed by atoms with Crippen LogP contribution in [0.2, 0.25) is 0 Å². The Morgan fingerprint density at radius 3 is 2.42 bits per heavy atom. The smallest absolute Gasteiger partial charge is 0.326 e. The molecular weight excluding hydrogens is 484 g/mol. The van der Waals surface area contributed by atoms with Crippen molar-refractivity contribution in [2.45, 2.75) is 122 Å². The number of hydrogen-bond acceptors (Lipinski definition) is 6. The third-order valence-electron chi connectivity index (χ3n) is 11.9. The number of carboxylic acids is 1. The molecular formula is C30H52N2O6. The van der Waals surface area contributed by atoms with E-state index in [9.17, 15) is 30.0 Å². The average molecular weight is 537 g/mol. The highest BCUT2D eigenvalue weighted by Gasteiger charge is 2.65. The van der Waals surface area contributed by atoms with Crippen LogP contribution in [0.1, 0.15) is 97.8 Å². The van der Waals surface area contributed by atoms with Crippen LogP contribution in [0.3, 0.4) is 0 Å². The van der Waals surface area contributed by atoms with Crippen molar-refractivity contribution >= 4 is 11.9 Å². The Hall–Kier alpha value is -1.22. The Balaban J connectivity index is 1.41. The van der Waals surface area contributed by atoms with Gasteiger partial charge in [0.25, 0.3) is 0 Å². The minimum atomic E-state index is -1.01. The number of aliphatic hydroxyl groups excluding tert-OH is 3. The lowest BCUT2D eigenvalue weighted by Crippen LogP contribution is -2.62. The molecule has 8 heteroatoms. The number of fused-ring (bicyclic) bond motifs is 5. The van der Waals surface area contributed by atoms with Crippen molar-refractivity contribution in [2.24, 2.45) is 52.1 Å². The monoisotopic (exact) mass is 536 g/mol. The van der Waals surface area contributed by atoms with Crippen LogP contribution < -0.4 is 11.1 Å². The number of unbranched alkanes of at least 4 members (excludes halogenated alkanes) is 1. The van der Waals surface area contributed by atoms with Crippen molar-refractivity contribution in [3.05, 3.63) is 0 Å². The highest BCUT2D eigenvalue weighted by molar-refractivity contribution is 5.83. The molecule has 0 heterocycles. The van der Waals surface area contributed by atoms with Gasteiger partial charge in [0.1, 0.15) is 6.04 Å². The molecule has 8 nitrogen and oxygen atoms in total. The van der Waals surface area contributed by atoms with Gasteiger partial charge in [-0.25, -0.2) is 4.79 Å². The number of carbonyl (C=O) groups excluding carboxylic acids is 1. The molecule has 4 rings (SSSR count). The van der Waals surface area contributed by atoms with Crippen LogP contribution in [-0.2, 0) is 9.59 Å². The van der Waals surface area contributed by atoms with Gasteiger partial charge in [0.15, 0.2) is 0 Å². The summed E-state index contributed by atoms with van der Waals surface area (Å²) in [6.45, 7) is 7.23. The Kier molecular flexibility index (Phi) is 9.17. The van der Waals surface area contributed by atoms with Crippen LogP contribution >= 0.6 is 0 Å². The summed E-state index contributed by atoms with van der Waals surface area (Å²) >= 11 is 0. The molecule has 12 unspecified atom stereocenters. The van der Waals surface area contributed by atoms with Gasteiger partial charge in [-0.05, 0) is 124 Å².